The van der Waals surface area contributed by atoms with Gasteiger partial charge in [-0.1, -0.05) is 36.4 Å². The Kier molecular flexibility index (Phi) is 7.06. The minimum absolute atomic E-state index is 0.538. The van der Waals surface area contributed by atoms with Crippen LogP contribution in [-0.4, -0.2) is 74.5 Å². The van der Waals surface area contributed by atoms with Gasteiger partial charge >= 0.3 is 0 Å². The fraction of sp³-hybridized carbons (Fsp3) is 0.840. The van der Waals surface area contributed by atoms with Crippen molar-refractivity contribution in [2.24, 2.45) is 5.92 Å². The van der Waals surface area contributed by atoms with E-state index in [1.807, 2.05) is 6.20 Å². The van der Waals surface area contributed by atoms with Crippen molar-refractivity contribution >= 4 is 28.4 Å². The molecular weight excluding hydrogens is 497 g/mol. The van der Waals surface area contributed by atoms with Crippen LogP contribution in [-0.2, 0) is 0 Å². The van der Waals surface area contributed by atoms with E-state index in [4.69, 9.17) is 9.97 Å². The standard InChI is InChI=1S/C25H40IN5/c1-3-29-16-22-8-9-23(17-29)31(22)24-10-13-27-25(28-24)20-11-14-30(15-12-20)21-6-4-19(5-7-21)18(2)26/h10,13,18-23H,3-9,11-12,14-17H2,1-2H3/t18?,19-,21+,22?,23?. The van der Waals surface area contributed by atoms with Crippen molar-refractivity contribution in [1.29, 1.82) is 0 Å². The van der Waals surface area contributed by atoms with Gasteiger partial charge in [-0.25, -0.2) is 9.97 Å². The lowest BCUT2D eigenvalue weighted by Crippen LogP contribution is -2.54. The molecule has 3 saturated heterocycles. The van der Waals surface area contributed by atoms with Crippen LogP contribution in [0.15, 0.2) is 12.3 Å². The van der Waals surface area contributed by atoms with Crippen LogP contribution in [0.3, 0.4) is 0 Å². The van der Waals surface area contributed by atoms with Crippen LogP contribution in [0.2, 0.25) is 0 Å². The number of piperidine rings is 1. The van der Waals surface area contributed by atoms with Gasteiger partial charge in [0.25, 0.3) is 0 Å². The summed E-state index contributed by atoms with van der Waals surface area (Å²) in [7, 11) is 0. The molecule has 2 bridgehead atoms. The number of likely N-dealkylation sites (tertiary alicyclic amines) is 2. The summed E-state index contributed by atoms with van der Waals surface area (Å²) >= 11 is 2.63. The molecule has 6 heteroatoms. The monoisotopic (exact) mass is 537 g/mol. The molecule has 172 valence electrons. The minimum atomic E-state index is 0.538. The molecule has 0 aromatic carbocycles. The van der Waals surface area contributed by atoms with E-state index in [0.717, 1.165) is 21.7 Å². The number of piperazine rings is 1. The molecule has 5 rings (SSSR count). The zero-order chi connectivity index (χ0) is 21.4. The normalized spacial score (nSPS) is 34.2. The summed E-state index contributed by atoms with van der Waals surface area (Å²) in [6.07, 6.45) is 12.8. The zero-order valence-electron chi connectivity index (χ0n) is 19.4. The Labute approximate surface area is 202 Å². The van der Waals surface area contributed by atoms with Crippen LogP contribution in [0, 0.1) is 5.92 Å². The van der Waals surface area contributed by atoms with Crippen molar-refractivity contribution in [3.63, 3.8) is 0 Å². The maximum Gasteiger partial charge on any atom is 0.133 e. The molecule has 4 fully saturated rings. The molecule has 31 heavy (non-hydrogen) atoms. The Morgan fingerprint density at radius 2 is 1.61 bits per heavy atom. The Morgan fingerprint density at radius 1 is 0.968 bits per heavy atom. The van der Waals surface area contributed by atoms with Crippen molar-refractivity contribution in [2.45, 2.75) is 93.2 Å². The molecule has 4 aliphatic rings. The fourth-order valence-corrected chi connectivity index (χ4v) is 7.49. The summed E-state index contributed by atoms with van der Waals surface area (Å²) in [5.41, 5.74) is 0. The lowest BCUT2D eigenvalue weighted by atomic mass is 9.83. The second kappa shape index (κ2) is 9.80. The van der Waals surface area contributed by atoms with E-state index in [9.17, 15) is 0 Å². The summed E-state index contributed by atoms with van der Waals surface area (Å²) in [5.74, 6) is 3.79. The number of hydrogen-bond acceptors (Lipinski definition) is 5. The van der Waals surface area contributed by atoms with E-state index in [1.165, 1.54) is 89.9 Å². The van der Waals surface area contributed by atoms with Gasteiger partial charge in [0.1, 0.15) is 11.6 Å². The highest BCUT2D eigenvalue weighted by atomic mass is 127. The first kappa shape index (κ1) is 22.3. The Balaban J connectivity index is 1.19. The molecule has 1 aliphatic carbocycles. The first-order valence-corrected chi connectivity index (χ1v) is 14.1. The molecule has 0 amide bonds. The Morgan fingerprint density at radius 3 is 2.23 bits per heavy atom. The SMILES string of the molecule is CCN1CC2CCC(C1)N2c1ccnc(C2CCN([C@H]3CC[C@@H](C(C)I)CC3)CC2)n1. The van der Waals surface area contributed by atoms with Gasteiger partial charge in [-0.3, -0.25) is 4.90 Å². The van der Waals surface area contributed by atoms with Crippen molar-refractivity contribution < 1.29 is 0 Å². The van der Waals surface area contributed by atoms with Crippen LogP contribution in [0.4, 0.5) is 5.82 Å². The van der Waals surface area contributed by atoms with Crippen LogP contribution in [0.1, 0.15) is 77.0 Å². The molecule has 1 aromatic rings. The molecule has 3 aliphatic heterocycles. The largest absolute Gasteiger partial charge is 0.348 e. The third-order valence-corrected chi connectivity index (χ3v) is 9.75. The van der Waals surface area contributed by atoms with Crippen LogP contribution in [0.5, 0.6) is 0 Å². The number of rotatable bonds is 5. The van der Waals surface area contributed by atoms with Crippen molar-refractivity contribution in [2.75, 3.05) is 37.6 Å². The number of hydrogen-bond donors (Lipinski definition) is 0. The molecule has 3 atom stereocenters. The highest BCUT2D eigenvalue weighted by Gasteiger charge is 2.40. The lowest BCUT2D eigenvalue weighted by Gasteiger charge is -2.42. The van der Waals surface area contributed by atoms with Gasteiger partial charge in [-0.2, -0.15) is 0 Å². The number of nitrogens with zero attached hydrogens (tertiary/aromatic N) is 5. The number of alkyl halides is 1. The van der Waals surface area contributed by atoms with Gasteiger partial charge in [0.05, 0.1) is 0 Å². The molecule has 0 N–H and O–H groups in total. The Hall–Kier alpha value is -0.470. The smallest absolute Gasteiger partial charge is 0.133 e. The third kappa shape index (κ3) is 4.77. The van der Waals surface area contributed by atoms with Crippen LogP contribution < -0.4 is 4.90 Å². The first-order chi connectivity index (χ1) is 15.1. The van der Waals surface area contributed by atoms with E-state index in [0.29, 0.717) is 18.0 Å². The molecule has 0 radical (unpaired) electrons. The van der Waals surface area contributed by atoms with E-state index >= 15 is 0 Å². The predicted octanol–water partition coefficient (Wildman–Crippen LogP) is 4.71. The minimum Gasteiger partial charge on any atom is -0.348 e. The molecule has 1 aromatic heterocycles. The van der Waals surface area contributed by atoms with Crippen LogP contribution in [0.25, 0.3) is 0 Å². The second-order valence-electron chi connectivity index (χ2n) is 10.5. The van der Waals surface area contributed by atoms with Gasteiger partial charge in [0.2, 0.25) is 0 Å². The van der Waals surface area contributed by atoms with Gasteiger partial charge in [-0.15, -0.1) is 0 Å². The number of aromatic nitrogens is 2. The molecule has 3 unspecified atom stereocenters. The average molecular weight is 538 g/mol. The van der Waals surface area contributed by atoms with Gasteiger partial charge in [0, 0.05) is 47.3 Å². The number of fused-ring (bicyclic) bond motifs is 2. The van der Waals surface area contributed by atoms with Crippen molar-refractivity contribution in [1.82, 2.24) is 19.8 Å². The van der Waals surface area contributed by atoms with Crippen LogP contribution >= 0.6 is 22.6 Å². The maximum atomic E-state index is 5.16. The summed E-state index contributed by atoms with van der Waals surface area (Å²) in [5, 5.41) is 0. The van der Waals surface area contributed by atoms with E-state index in [-0.39, 0.29) is 0 Å². The summed E-state index contributed by atoms with van der Waals surface area (Å²) in [6, 6.07) is 4.27. The van der Waals surface area contributed by atoms with E-state index in [1.54, 1.807) is 0 Å². The molecule has 4 heterocycles. The van der Waals surface area contributed by atoms with E-state index in [2.05, 4.69) is 57.2 Å². The third-order valence-electron chi connectivity index (χ3n) is 8.73. The summed E-state index contributed by atoms with van der Waals surface area (Å²) in [6.45, 7) is 10.7. The number of anilines is 1. The zero-order valence-corrected chi connectivity index (χ0v) is 21.6. The number of likely N-dealkylation sites (N-methyl/N-ethyl adjacent to an activating group) is 1. The highest BCUT2D eigenvalue weighted by molar-refractivity contribution is 14.1. The summed E-state index contributed by atoms with van der Waals surface area (Å²) in [4.78, 5) is 18.0. The topological polar surface area (TPSA) is 35.5 Å². The number of halogens is 1. The predicted molar refractivity (Wildman–Crippen MR) is 136 cm³/mol. The van der Waals surface area contributed by atoms with E-state index < -0.39 is 0 Å². The van der Waals surface area contributed by atoms with Gasteiger partial charge in [-0.05, 0) is 83.0 Å². The van der Waals surface area contributed by atoms with Gasteiger partial charge in [0.15, 0.2) is 0 Å². The quantitative estimate of drug-likeness (QED) is 0.402. The second-order valence-corrected chi connectivity index (χ2v) is 12.4. The maximum absolute atomic E-state index is 5.16. The summed E-state index contributed by atoms with van der Waals surface area (Å²) < 4.78 is 0.828. The molecule has 0 spiro atoms. The van der Waals surface area contributed by atoms with Gasteiger partial charge < -0.3 is 9.80 Å². The van der Waals surface area contributed by atoms with Crippen molar-refractivity contribution in [3.05, 3.63) is 18.1 Å². The highest BCUT2D eigenvalue weighted by Crippen LogP contribution is 2.37. The first-order valence-electron chi connectivity index (χ1n) is 12.8. The average Bonchev–Trinajstić information content (AvgIpc) is 3.08. The fourth-order valence-electron chi connectivity index (χ4n) is 6.78. The van der Waals surface area contributed by atoms with Crippen molar-refractivity contribution in [3.8, 4) is 0 Å². The molecular formula is C25H40IN5. The Bertz CT molecular complexity index is 712. The lowest BCUT2D eigenvalue weighted by molar-refractivity contribution is 0.107. The molecule has 1 saturated carbocycles. The molecule has 5 nitrogen and oxygen atoms in total.